The van der Waals surface area contributed by atoms with Gasteiger partial charge in [0.15, 0.2) is 0 Å². The molecule has 0 aliphatic carbocycles. The topological polar surface area (TPSA) is 40.1 Å². The standard InChI is InChI=1S/C12H5Cl2F7O2.Na/c13-6-1-5(2-7(14)3-6)8(22)4-9(23)10(15,16)11(17,18)12(19,20)21;/h1-4,22H;/q;+1/p-1/b8-4-;. The third kappa shape index (κ3) is 4.78. The van der Waals surface area contributed by atoms with Crippen molar-refractivity contribution in [2.24, 2.45) is 0 Å². The normalized spacial score (nSPS) is 13.5. The molecule has 12 heteroatoms. The van der Waals surface area contributed by atoms with Gasteiger partial charge in [0.25, 0.3) is 0 Å². The molecule has 0 unspecified atom stereocenters. The zero-order valence-electron chi connectivity index (χ0n) is 11.5. The average Bonchev–Trinajstić information content (AvgIpc) is 2.35. The van der Waals surface area contributed by atoms with Gasteiger partial charge in [0, 0.05) is 10.0 Å². The quantitative estimate of drug-likeness (QED) is 0.325. The van der Waals surface area contributed by atoms with Crippen LogP contribution in [0, 0.1) is 0 Å². The van der Waals surface area contributed by atoms with E-state index in [0.29, 0.717) is 0 Å². The van der Waals surface area contributed by atoms with Gasteiger partial charge in [-0.2, -0.15) is 30.7 Å². The second kappa shape index (κ2) is 7.82. The number of hydrogen-bond donors (Lipinski definition) is 0. The number of carbonyl (C=O) groups is 1. The fraction of sp³-hybridized carbons (Fsp3) is 0.250. The third-order valence-electron chi connectivity index (χ3n) is 2.47. The maximum atomic E-state index is 13.1. The van der Waals surface area contributed by atoms with Crippen molar-refractivity contribution in [2.45, 2.75) is 18.0 Å². The summed E-state index contributed by atoms with van der Waals surface area (Å²) in [5.41, 5.74) is -0.540. The minimum absolute atomic E-state index is 0. The van der Waals surface area contributed by atoms with Crippen LogP contribution >= 0.6 is 23.2 Å². The summed E-state index contributed by atoms with van der Waals surface area (Å²) in [6.45, 7) is 0. The average molecular weight is 407 g/mol. The van der Waals surface area contributed by atoms with Gasteiger partial charge in [-0.05, 0) is 29.8 Å². The Morgan fingerprint density at radius 3 is 1.75 bits per heavy atom. The molecule has 0 N–H and O–H groups in total. The minimum atomic E-state index is -6.68. The van der Waals surface area contributed by atoms with Gasteiger partial charge in [0.2, 0.25) is 5.78 Å². The van der Waals surface area contributed by atoms with Gasteiger partial charge >= 0.3 is 47.6 Å². The van der Waals surface area contributed by atoms with Crippen LogP contribution in [-0.4, -0.2) is 23.8 Å². The van der Waals surface area contributed by atoms with Crippen LogP contribution in [0.4, 0.5) is 30.7 Å². The van der Waals surface area contributed by atoms with E-state index < -0.39 is 41.2 Å². The Morgan fingerprint density at radius 1 is 0.958 bits per heavy atom. The van der Waals surface area contributed by atoms with Gasteiger partial charge in [-0.25, -0.2) is 0 Å². The van der Waals surface area contributed by atoms with E-state index in [2.05, 4.69) is 0 Å². The summed E-state index contributed by atoms with van der Waals surface area (Å²) in [5, 5.41) is 11.2. The molecular weight excluding hydrogens is 403 g/mol. The van der Waals surface area contributed by atoms with Crippen LogP contribution in [0.25, 0.3) is 5.76 Å². The second-order valence-corrected chi connectivity index (χ2v) is 5.05. The summed E-state index contributed by atoms with van der Waals surface area (Å²) in [4.78, 5) is 11.0. The van der Waals surface area contributed by atoms with E-state index in [1.54, 1.807) is 0 Å². The first-order chi connectivity index (χ1) is 10.2. The summed E-state index contributed by atoms with van der Waals surface area (Å²) in [7, 11) is 0. The molecule has 0 amide bonds. The SMILES string of the molecule is O=C(/C=C(\[O-])c1cc(Cl)cc(Cl)c1)C(F)(F)C(F)(F)C(F)(F)F.[Na+]. The largest absolute Gasteiger partial charge is 1.00 e. The van der Waals surface area contributed by atoms with E-state index in [9.17, 15) is 40.6 Å². The molecule has 0 bridgehead atoms. The maximum absolute atomic E-state index is 13.1. The van der Waals surface area contributed by atoms with Gasteiger partial charge in [-0.1, -0.05) is 29.0 Å². The van der Waals surface area contributed by atoms with Crippen molar-refractivity contribution in [2.75, 3.05) is 0 Å². The van der Waals surface area contributed by atoms with Crippen LogP contribution in [0.2, 0.25) is 10.0 Å². The van der Waals surface area contributed by atoms with Crippen LogP contribution in [0.1, 0.15) is 5.56 Å². The van der Waals surface area contributed by atoms with Gasteiger partial charge in [-0.15, -0.1) is 0 Å². The zero-order valence-corrected chi connectivity index (χ0v) is 15.0. The van der Waals surface area contributed by atoms with E-state index in [-0.39, 0.29) is 39.6 Å². The van der Waals surface area contributed by atoms with E-state index in [0.717, 1.165) is 18.2 Å². The predicted molar refractivity (Wildman–Crippen MR) is 65.4 cm³/mol. The monoisotopic (exact) mass is 406 g/mol. The molecule has 1 aromatic rings. The number of rotatable bonds is 4. The summed E-state index contributed by atoms with van der Waals surface area (Å²) in [6.07, 6.45) is -7.25. The van der Waals surface area contributed by atoms with E-state index in [1.807, 2.05) is 0 Å². The van der Waals surface area contributed by atoms with Gasteiger partial charge in [-0.3, -0.25) is 4.79 Å². The third-order valence-corrected chi connectivity index (χ3v) is 2.91. The fourth-order valence-corrected chi connectivity index (χ4v) is 1.85. The molecule has 0 saturated carbocycles. The molecule has 2 nitrogen and oxygen atoms in total. The molecule has 1 rings (SSSR count). The van der Waals surface area contributed by atoms with Crippen molar-refractivity contribution in [1.29, 1.82) is 0 Å². The molecule has 0 radical (unpaired) electrons. The van der Waals surface area contributed by atoms with Gasteiger partial charge in [0.1, 0.15) is 0 Å². The summed E-state index contributed by atoms with van der Waals surface area (Å²) in [6, 6.07) is 2.85. The molecule has 0 heterocycles. The first-order valence-electron chi connectivity index (χ1n) is 5.42. The molecule has 0 aliphatic heterocycles. The van der Waals surface area contributed by atoms with E-state index >= 15 is 0 Å². The molecule has 0 fully saturated rings. The molecule has 0 aromatic heterocycles. The first-order valence-corrected chi connectivity index (χ1v) is 6.17. The number of allylic oxidation sites excluding steroid dienone is 1. The Bertz CT molecular complexity index is 639. The molecule has 0 saturated heterocycles. The molecule has 24 heavy (non-hydrogen) atoms. The fourth-order valence-electron chi connectivity index (χ4n) is 1.32. The number of hydrogen-bond acceptors (Lipinski definition) is 2. The van der Waals surface area contributed by atoms with Crippen molar-refractivity contribution >= 4 is 34.7 Å². The second-order valence-electron chi connectivity index (χ2n) is 4.18. The number of benzene rings is 1. The molecule has 128 valence electrons. The Morgan fingerprint density at radius 2 is 1.38 bits per heavy atom. The van der Waals surface area contributed by atoms with Crippen LogP contribution in [0.3, 0.4) is 0 Å². The summed E-state index contributed by atoms with van der Waals surface area (Å²) >= 11 is 11.0. The Labute approximate surface area is 162 Å². The van der Waals surface area contributed by atoms with Crippen molar-refractivity contribution in [3.8, 4) is 0 Å². The number of halogens is 9. The van der Waals surface area contributed by atoms with Crippen LogP contribution in [0.15, 0.2) is 24.3 Å². The molecule has 0 aliphatic rings. The van der Waals surface area contributed by atoms with Crippen molar-refractivity contribution in [3.63, 3.8) is 0 Å². The summed E-state index contributed by atoms with van der Waals surface area (Å²) in [5.74, 6) is -17.3. The molecule has 0 spiro atoms. The molecule has 1 aromatic carbocycles. The van der Waals surface area contributed by atoms with Crippen molar-refractivity contribution < 1.29 is 70.2 Å². The minimum Gasteiger partial charge on any atom is -0.872 e. The maximum Gasteiger partial charge on any atom is 1.00 e. The Balaban J connectivity index is 0.00000529. The summed E-state index contributed by atoms with van der Waals surface area (Å²) < 4.78 is 87.3. The number of alkyl halides is 7. The number of ketones is 1. The smallest absolute Gasteiger partial charge is 0.872 e. The molecule has 0 atom stereocenters. The van der Waals surface area contributed by atoms with Crippen LogP contribution in [-0.2, 0) is 4.79 Å². The van der Waals surface area contributed by atoms with Crippen molar-refractivity contribution in [3.05, 3.63) is 39.9 Å². The zero-order chi connectivity index (χ0) is 18.2. The van der Waals surface area contributed by atoms with Crippen molar-refractivity contribution in [1.82, 2.24) is 0 Å². The first kappa shape index (κ1) is 23.5. The predicted octanol–water partition coefficient (Wildman–Crippen LogP) is 1.10. The van der Waals surface area contributed by atoms with E-state index in [1.165, 1.54) is 0 Å². The Kier molecular flexibility index (Phi) is 7.66. The van der Waals surface area contributed by atoms with Gasteiger partial charge < -0.3 is 5.11 Å². The van der Waals surface area contributed by atoms with Gasteiger partial charge in [0.05, 0.1) is 0 Å². The van der Waals surface area contributed by atoms with Crippen LogP contribution in [0.5, 0.6) is 0 Å². The van der Waals surface area contributed by atoms with Crippen LogP contribution < -0.4 is 34.7 Å². The number of carbonyl (C=O) groups excluding carboxylic acids is 1. The Hall–Kier alpha value is -0.480. The van der Waals surface area contributed by atoms with E-state index in [4.69, 9.17) is 23.2 Å². The molecular formula is C12H4Cl2F7NaO2.